The molecule has 10 heteroatoms. The Hall–Kier alpha value is -2.49. The van der Waals surface area contributed by atoms with Gasteiger partial charge in [-0.15, -0.1) is 0 Å². The average Bonchev–Trinajstić information content (AvgIpc) is 2.86. The molecule has 2 aromatic heterocycles. The lowest BCUT2D eigenvalue weighted by atomic mass is 9.97. The first kappa shape index (κ1) is 16.9. The molecule has 23 heavy (non-hydrogen) atoms. The maximum Gasteiger partial charge on any atom is 0.425 e. The largest absolute Gasteiger partial charge is 0.425 e. The third-order valence-corrected chi connectivity index (χ3v) is 3.07. The number of nitrogens with one attached hydrogen (secondary N) is 1. The topological polar surface area (TPSA) is 80.0 Å². The molecule has 0 saturated heterocycles. The van der Waals surface area contributed by atoms with Gasteiger partial charge in [-0.25, -0.2) is 14.4 Å². The van der Waals surface area contributed by atoms with E-state index in [0.717, 1.165) is 29.1 Å². The summed E-state index contributed by atoms with van der Waals surface area (Å²) in [5, 5.41) is 12.1. The van der Waals surface area contributed by atoms with Crippen LogP contribution >= 0.6 is 0 Å². The number of alkyl halides is 3. The van der Waals surface area contributed by atoms with Crippen LogP contribution in [0.15, 0.2) is 30.7 Å². The molecule has 1 atom stereocenters. The van der Waals surface area contributed by atoms with Crippen LogP contribution in [0, 0.1) is 5.82 Å². The maximum absolute atomic E-state index is 13.3. The number of anilines is 1. The second-order valence-electron chi connectivity index (χ2n) is 4.81. The summed E-state index contributed by atoms with van der Waals surface area (Å²) in [6.45, 7) is 0. The second kappa shape index (κ2) is 5.95. The molecular formula is C13H12F4N4O2. The Bertz CT molecular complexity index is 699. The first-order chi connectivity index (χ1) is 10.6. The van der Waals surface area contributed by atoms with E-state index in [4.69, 9.17) is 0 Å². The number of imidazole rings is 1. The van der Waals surface area contributed by atoms with Gasteiger partial charge < -0.3 is 15.0 Å². The number of pyridine rings is 1. The summed E-state index contributed by atoms with van der Waals surface area (Å²) in [6, 6.07) is 2.07. The zero-order valence-corrected chi connectivity index (χ0v) is 11.8. The molecule has 1 amide bonds. The van der Waals surface area contributed by atoms with Crippen molar-refractivity contribution in [3.05, 3.63) is 42.4 Å². The van der Waals surface area contributed by atoms with E-state index in [1.54, 1.807) is 0 Å². The standard InChI is InChI=1S/C13H12F4N4O2/c1-21-5-4-18-11(21)12(23,13(15,16)17)6-10(22)20-9-3-2-8(14)7-19-9/h2-5,7,23H,6H2,1H3,(H,19,20,22). The zero-order chi connectivity index (χ0) is 17.3. The Morgan fingerprint density at radius 1 is 1.35 bits per heavy atom. The van der Waals surface area contributed by atoms with Crippen LogP contribution in [-0.4, -0.2) is 31.7 Å². The first-order valence-corrected chi connectivity index (χ1v) is 6.32. The zero-order valence-electron chi connectivity index (χ0n) is 11.8. The summed E-state index contributed by atoms with van der Waals surface area (Å²) < 4.78 is 53.4. The lowest BCUT2D eigenvalue weighted by molar-refractivity contribution is -0.270. The summed E-state index contributed by atoms with van der Waals surface area (Å²) >= 11 is 0. The summed E-state index contributed by atoms with van der Waals surface area (Å²) in [7, 11) is 1.26. The van der Waals surface area contributed by atoms with Gasteiger partial charge in [-0.3, -0.25) is 4.79 Å². The van der Waals surface area contributed by atoms with Crippen LogP contribution in [-0.2, 0) is 17.4 Å². The number of amides is 1. The van der Waals surface area contributed by atoms with Gasteiger partial charge >= 0.3 is 6.18 Å². The van der Waals surface area contributed by atoms with Crippen LogP contribution in [0.25, 0.3) is 0 Å². The number of carbonyl (C=O) groups is 1. The van der Waals surface area contributed by atoms with Gasteiger partial charge in [0.1, 0.15) is 11.6 Å². The van der Waals surface area contributed by atoms with Gasteiger partial charge in [0.25, 0.3) is 0 Å². The monoisotopic (exact) mass is 332 g/mol. The van der Waals surface area contributed by atoms with Gasteiger partial charge in [-0.1, -0.05) is 0 Å². The second-order valence-corrected chi connectivity index (χ2v) is 4.81. The highest BCUT2D eigenvalue weighted by Crippen LogP contribution is 2.40. The Kier molecular flexibility index (Phi) is 4.37. The smallest absolute Gasteiger partial charge is 0.374 e. The number of hydrogen-bond acceptors (Lipinski definition) is 4. The molecule has 2 rings (SSSR count). The number of nitrogens with zero attached hydrogens (tertiary/aromatic N) is 3. The van der Waals surface area contributed by atoms with E-state index in [0.29, 0.717) is 0 Å². The number of aromatic nitrogens is 3. The maximum atomic E-state index is 13.3. The molecule has 0 bridgehead atoms. The van der Waals surface area contributed by atoms with Crippen molar-refractivity contribution in [1.29, 1.82) is 0 Å². The molecule has 0 aliphatic heterocycles. The van der Waals surface area contributed by atoms with Gasteiger partial charge in [0.15, 0.2) is 5.82 Å². The molecule has 2 N–H and O–H groups in total. The van der Waals surface area contributed by atoms with E-state index >= 15 is 0 Å². The van der Waals surface area contributed by atoms with Gasteiger partial charge in [0.05, 0.1) is 12.6 Å². The van der Waals surface area contributed by atoms with Crippen LogP contribution in [0.2, 0.25) is 0 Å². The third kappa shape index (κ3) is 3.47. The predicted molar refractivity (Wildman–Crippen MR) is 70.6 cm³/mol. The molecule has 2 aromatic rings. The molecule has 0 spiro atoms. The molecule has 0 aromatic carbocycles. The third-order valence-electron chi connectivity index (χ3n) is 3.07. The van der Waals surface area contributed by atoms with Crippen molar-refractivity contribution in [3.8, 4) is 0 Å². The lowest BCUT2D eigenvalue weighted by Crippen LogP contribution is -2.46. The summed E-state index contributed by atoms with van der Waals surface area (Å²) in [4.78, 5) is 18.8. The molecule has 2 heterocycles. The fourth-order valence-electron chi connectivity index (χ4n) is 1.94. The average molecular weight is 332 g/mol. The highest BCUT2D eigenvalue weighted by Gasteiger charge is 2.58. The number of hydrogen-bond donors (Lipinski definition) is 2. The SMILES string of the molecule is Cn1ccnc1C(O)(CC(=O)Nc1ccc(F)cn1)C(F)(F)F. The molecule has 0 aliphatic carbocycles. The van der Waals surface area contributed by atoms with Crippen molar-refractivity contribution in [3.63, 3.8) is 0 Å². The van der Waals surface area contributed by atoms with Crippen molar-refractivity contribution in [2.75, 3.05) is 5.32 Å². The van der Waals surface area contributed by atoms with Gasteiger partial charge in [0, 0.05) is 19.4 Å². The van der Waals surface area contributed by atoms with E-state index in [-0.39, 0.29) is 5.82 Å². The van der Waals surface area contributed by atoms with Crippen LogP contribution in [0.1, 0.15) is 12.2 Å². The van der Waals surface area contributed by atoms with E-state index in [2.05, 4.69) is 15.3 Å². The molecule has 0 aliphatic rings. The fraction of sp³-hybridized carbons (Fsp3) is 0.308. The number of rotatable bonds is 4. The van der Waals surface area contributed by atoms with E-state index < -0.39 is 35.7 Å². The highest BCUT2D eigenvalue weighted by molar-refractivity contribution is 5.90. The van der Waals surface area contributed by atoms with Crippen LogP contribution in [0.3, 0.4) is 0 Å². The minimum absolute atomic E-state index is 0.138. The normalized spacial score (nSPS) is 14.3. The molecule has 0 saturated carbocycles. The Morgan fingerprint density at radius 3 is 2.52 bits per heavy atom. The van der Waals surface area contributed by atoms with Crippen LogP contribution in [0.4, 0.5) is 23.4 Å². The number of aryl methyl sites for hydroxylation is 1. The molecule has 124 valence electrons. The van der Waals surface area contributed by atoms with E-state index in [9.17, 15) is 27.5 Å². The Balaban J connectivity index is 2.23. The van der Waals surface area contributed by atoms with Crippen molar-refractivity contribution in [1.82, 2.24) is 14.5 Å². The molecule has 6 nitrogen and oxygen atoms in total. The Labute approximate surface area is 127 Å². The minimum Gasteiger partial charge on any atom is -0.374 e. The van der Waals surface area contributed by atoms with Gasteiger partial charge in [0.2, 0.25) is 11.5 Å². The van der Waals surface area contributed by atoms with Gasteiger partial charge in [-0.2, -0.15) is 13.2 Å². The summed E-state index contributed by atoms with van der Waals surface area (Å²) in [6.07, 6.45) is -3.36. The molecule has 1 unspecified atom stereocenters. The fourth-order valence-corrected chi connectivity index (χ4v) is 1.94. The summed E-state index contributed by atoms with van der Waals surface area (Å²) in [5.74, 6) is -2.66. The van der Waals surface area contributed by atoms with Crippen molar-refractivity contribution in [2.45, 2.75) is 18.2 Å². The van der Waals surface area contributed by atoms with E-state index in [1.807, 2.05) is 0 Å². The van der Waals surface area contributed by atoms with Crippen LogP contribution in [0.5, 0.6) is 0 Å². The van der Waals surface area contributed by atoms with Crippen LogP contribution < -0.4 is 5.32 Å². The van der Waals surface area contributed by atoms with Crippen molar-refractivity contribution >= 4 is 11.7 Å². The minimum atomic E-state index is -5.13. The molecule has 0 radical (unpaired) electrons. The predicted octanol–water partition coefficient (Wildman–Crippen LogP) is 1.73. The number of aliphatic hydroxyl groups is 1. The first-order valence-electron chi connectivity index (χ1n) is 6.32. The Morgan fingerprint density at radius 2 is 2.04 bits per heavy atom. The molecular weight excluding hydrogens is 320 g/mol. The molecule has 0 fully saturated rings. The quantitative estimate of drug-likeness (QED) is 0.836. The van der Waals surface area contributed by atoms with Crippen molar-refractivity contribution in [2.24, 2.45) is 7.05 Å². The number of carbonyl (C=O) groups excluding carboxylic acids is 1. The number of halogens is 4. The van der Waals surface area contributed by atoms with Gasteiger partial charge in [-0.05, 0) is 12.1 Å². The van der Waals surface area contributed by atoms with Crippen molar-refractivity contribution < 1.29 is 27.5 Å². The van der Waals surface area contributed by atoms with E-state index in [1.165, 1.54) is 13.2 Å². The lowest BCUT2D eigenvalue weighted by Gasteiger charge is -2.29. The highest BCUT2D eigenvalue weighted by atomic mass is 19.4. The summed E-state index contributed by atoms with van der Waals surface area (Å²) in [5.41, 5.74) is -3.46.